The first kappa shape index (κ1) is 16.2. The first-order chi connectivity index (χ1) is 9.19. The minimum absolute atomic E-state index is 0.444. The Bertz CT molecular complexity index is 390. The maximum Gasteiger partial charge on any atom is 0.106 e. The fourth-order valence-electron chi connectivity index (χ4n) is 2.30. The maximum atomic E-state index is 7.77. The summed E-state index contributed by atoms with van der Waals surface area (Å²) in [6.07, 6.45) is 7.44. The average Bonchev–Trinajstić information content (AvgIpc) is 2.39. The van der Waals surface area contributed by atoms with Crippen LogP contribution in [0, 0.1) is 5.41 Å². The number of halogens is 1. The van der Waals surface area contributed by atoms with Gasteiger partial charge in [0.1, 0.15) is 4.62 Å². The van der Waals surface area contributed by atoms with Crippen molar-refractivity contribution in [2.45, 2.75) is 58.4 Å². The lowest BCUT2D eigenvalue weighted by Crippen LogP contribution is -2.20. The molecular weight excluding hydrogens is 300 g/mol. The molecule has 0 aliphatic heterocycles. The van der Waals surface area contributed by atoms with Gasteiger partial charge in [-0.25, -0.2) is 0 Å². The highest BCUT2D eigenvalue weighted by molar-refractivity contribution is 9.18. The van der Waals surface area contributed by atoms with Crippen LogP contribution < -0.4 is 5.32 Å². The highest BCUT2D eigenvalue weighted by Gasteiger charge is 2.11. The molecular formula is C16H25BrN2. The molecule has 19 heavy (non-hydrogen) atoms. The number of rotatable bonds is 9. The average molecular weight is 325 g/mol. The summed E-state index contributed by atoms with van der Waals surface area (Å²) in [6.45, 7) is 4.47. The van der Waals surface area contributed by atoms with E-state index in [1.54, 1.807) is 0 Å². The minimum atomic E-state index is 0.444. The van der Waals surface area contributed by atoms with Gasteiger partial charge >= 0.3 is 0 Å². The van der Waals surface area contributed by atoms with Gasteiger partial charge in [-0.05, 0) is 34.8 Å². The number of hydrogen-bond acceptors (Lipinski definition) is 2. The maximum absolute atomic E-state index is 7.77. The molecule has 0 spiro atoms. The van der Waals surface area contributed by atoms with Gasteiger partial charge in [-0.15, -0.1) is 0 Å². The molecule has 0 heterocycles. The lowest BCUT2D eigenvalue weighted by Gasteiger charge is -2.21. The Morgan fingerprint density at radius 3 is 2.53 bits per heavy atom. The Balaban J connectivity index is 2.69. The van der Waals surface area contributed by atoms with E-state index in [0.29, 0.717) is 10.7 Å². The van der Waals surface area contributed by atoms with Crippen molar-refractivity contribution in [1.29, 1.82) is 5.41 Å². The van der Waals surface area contributed by atoms with E-state index in [-0.39, 0.29) is 0 Å². The largest absolute Gasteiger partial charge is 0.382 e. The first-order valence-corrected chi connectivity index (χ1v) is 8.08. The lowest BCUT2D eigenvalue weighted by molar-refractivity contribution is 0.550. The molecule has 1 rings (SSSR count). The van der Waals surface area contributed by atoms with Crippen molar-refractivity contribution in [1.82, 2.24) is 0 Å². The molecule has 1 aromatic carbocycles. The van der Waals surface area contributed by atoms with E-state index in [1.807, 2.05) is 18.2 Å². The van der Waals surface area contributed by atoms with E-state index < -0.39 is 0 Å². The van der Waals surface area contributed by atoms with Gasteiger partial charge in [0.25, 0.3) is 0 Å². The molecule has 0 saturated carbocycles. The van der Waals surface area contributed by atoms with Crippen molar-refractivity contribution < 1.29 is 0 Å². The molecule has 2 nitrogen and oxygen atoms in total. The monoisotopic (exact) mass is 324 g/mol. The summed E-state index contributed by atoms with van der Waals surface area (Å²) in [5.41, 5.74) is 2.01. The number of nitrogens with one attached hydrogen (secondary N) is 2. The van der Waals surface area contributed by atoms with Gasteiger partial charge in [0.05, 0.1) is 0 Å². The third-order valence-electron chi connectivity index (χ3n) is 3.32. The molecule has 0 saturated heterocycles. The zero-order chi connectivity index (χ0) is 14.1. The molecule has 1 unspecified atom stereocenters. The Kier molecular flexibility index (Phi) is 7.80. The second-order valence-corrected chi connectivity index (χ2v) is 5.78. The van der Waals surface area contributed by atoms with Crippen molar-refractivity contribution in [2.24, 2.45) is 0 Å². The van der Waals surface area contributed by atoms with Crippen molar-refractivity contribution in [2.75, 3.05) is 5.32 Å². The third kappa shape index (κ3) is 5.77. The van der Waals surface area contributed by atoms with Gasteiger partial charge in [-0.3, -0.25) is 5.41 Å². The standard InChI is InChI=1S/C16H25BrN2/c1-3-5-6-10-13(9-4-2)19-15-12-8-7-11-14(15)16(17)18/h7-8,11-13,18-19H,3-6,9-10H2,1-2H3. The summed E-state index contributed by atoms with van der Waals surface area (Å²) in [4.78, 5) is 0. The smallest absolute Gasteiger partial charge is 0.106 e. The molecule has 2 N–H and O–H groups in total. The van der Waals surface area contributed by atoms with Gasteiger partial charge in [0.2, 0.25) is 0 Å². The van der Waals surface area contributed by atoms with E-state index in [2.05, 4.69) is 41.2 Å². The van der Waals surface area contributed by atoms with E-state index in [1.165, 1.54) is 38.5 Å². The second kappa shape index (κ2) is 9.13. The SMILES string of the molecule is CCCCCC(CCC)Nc1ccccc1C(=N)Br. The van der Waals surface area contributed by atoms with Crippen molar-refractivity contribution in [3.05, 3.63) is 29.8 Å². The normalized spacial score (nSPS) is 12.2. The summed E-state index contributed by atoms with van der Waals surface area (Å²) in [5.74, 6) is 0. The fourth-order valence-corrected chi connectivity index (χ4v) is 2.64. The highest BCUT2D eigenvalue weighted by Crippen LogP contribution is 2.21. The van der Waals surface area contributed by atoms with Crippen molar-refractivity contribution in [3.8, 4) is 0 Å². The molecule has 0 radical (unpaired) electrons. The topological polar surface area (TPSA) is 35.9 Å². The molecule has 0 bridgehead atoms. The van der Waals surface area contributed by atoms with Gasteiger partial charge in [0, 0.05) is 17.3 Å². The summed E-state index contributed by atoms with van der Waals surface area (Å²) in [7, 11) is 0. The van der Waals surface area contributed by atoms with Gasteiger partial charge in [-0.1, -0.05) is 57.7 Å². The van der Waals surface area contributed by atoms with E-state index in [4.69, 9.17) is 5.41 Å². The molecule has 3 heteroatoms. The molecule has 106 valence electrons. The number of hydrogen-bond donors (Lipinski definition) is 2. The fraction of sp³-hybridized carbons (Fsp3) is 0.562. The number of unbranched alkanes of at least 4 members (excludes halogenated alkanes) is 2. The molecule has 0 aliphatic rings. The summed E-state index contributed by atoms with van der Waals surface area (Å²) in [5, 5.41) is 11.4. The molecule has 1 aromatic rings. The summed E-state index contributed by atoms with van der Waals surface area (Å²) >= 11 is 3.27. The lowest BCUT2D eigenvalue weighted by atomic mass is 10.0. The number of anilines is 1. The van der Waals surface area contributed by atoms with Crippen LogP contribution in [0.1, 0.15) is 57.9 Å². The quantitative estimate of drug-likeness (QED) is 0.452. The highest BCUT2D eigenvalue weighted by atomic mass is 79.9. The van der Waals surface area contributed by atoms with E-state index >= 15 is 0 Å². The van der Waals surface area contributed by atoms with Crippen LogP contribution in [0.3, 0.4) is 0 Å². The van der Waals surface area contributed by atoms with Crippen LogP contribution in [0.2, 0.25) is 0 Å². The Hall–Kier alpha value is -0.830. The minimum Gasteiger partial charge on any atom is -0.382 e. The van der Waals surface area contributed by atoms with E-state index in [9.17, 15) is 0 Å². The van der Waals surface area contributed by atoms with Crippen LogP contribution >= 0.6 is 15.9 Å². The van der Waals surface area contributed by atoms with E-state index in [0.717, 1.165) is 11.3 Å². The Labute approximate surface area is 125 Å². The van der Waals surface area contributed by atoms with Crippen LogP contribution in [-0.2, 0) is 0 Å². The molecule has 0 aliphatic carbocycles. The molecule has 0 amide bonds. The van der Waals surface area contributed by atoms with Gasteiger partial charge < -0.3 is 5.32 Å². The van der Waals surface area contributed by atoms with Crippen LogP contribution in [0.15, 0.2) is 24.3 Å². The molecule has 0 fully saturated rings. The first-order valence-electron chi connectivity index (χ1n) is 7.29. The van der Waals surface area contributed by atoms with Crippen LogP contribution in [0.25, 0.3) is 0 Å². The predicted molar refractivity (Wildman–Crippen MR) is 88.7 cm³/mol. The number of benzene rings is 1. The van der Waals surface area contributed by atoms with Crippen molar-refractivity contribution >= 4 is 26.2 Å². The molecule has 0 aromatic heterocycles. The Morgan fingerprint density at radius 1 is 1.16 bits per heavy atom. The van der Waals surface area contributed by atoms with Gasteiger partial charge in [0.15, 0.2) is 0 Å². The summed E-state index contributed by atoms with van der Waals surface area (Å²) < 4.78 is 0.444. The molecule has 1 atom stereocenters. The van der Waals surface area contributed by atoms with Crippen LogP contribution in [-0.4, -0.2) is 10.7 Å². The zero-order valence-corrected chi connectivity index (χ0v) is 13.6. The van der Waals surface area contributed by atoms with Crippen LogP contribution in [0.5, 0.6) is 0 Å². The zero-order valence-electron chi connectivity index (χ0n) is 12.0. The summed E-state index contributed by atoms with van der Waals surface area (Å²) in [6, 6.07) is 8.56. The predicted octanol–water partition coefficient (Wildman–Crippen LogP) is 5.57. The second-order valence-electron chi connectivity index (χ2n) is 4.99. The van der Waals surface area contributed by atoms with Crippen LogP contribution in [0.4, 0.5) is 5.69 Å². The van der Waals surface area contributed by atoms with Gasteiger partial charge in [-0.2, -0.15) is 0 Å². The van der Waals surface area contributed by atoms with Crippen molar-refractivity contribution in [3.63, 3.8) is 0 Å². The Morgan fingerprint density at radius 2 is 1.89 bits per heavy atom. The number of para-hydroxylation sites is 1. The third-order valence-corrected chi connectivity index (χ3v) is 3.74.